The summed E-state index contributed by atoms with van der Waals surface area (Å²) < 4.78 is 53.1. The standard InChI is InChI=1S/C19H11F4N3OS/c20-13-6-4-11(5-7-13)15-9-26-16(10-28-18(26)25-15)17(27)24-14-3-1-2-12(8-14)19(21,22)23/h1-10H,(H,24,27). The SMILES string of the molecule is O=C(Nc1cccc(C(F)(F)F)c1)c1csc2nc(-c3ccc(F)cc3)cn12. The maximum Gasteiger partial charge on any atom is 0.416 e. The number of alkyl halides is 3. The van der Waals surface area contributed by atoms with Crippen molar-refractivity contribution < 1.29 is 22.4 Å². The van der Waals surface area contributed by atoms with Crippen molar-refractivity contribution in [1.29, 1.82) is 0 Å². The number of fused-ring (bicyclic) bond motifs is 1. The fraction of sp³-hybridized carbons (Fsp3) is 0.0526. The Balaban J connectivity index is 1.62. The number of carbonyl (C=O) groups is 1. The number of thiazole rings is 1. The molecule has 0 fully saturated rings. The van der Waals surface area contributed by atoms with Crippen molar-refractivity contribution in [3.8, 4) is 11.3 Å². The Morgan fingerprint density at radius 3 is 2.57 bits per heavy atom. The topological polar surface area (TPSA) is 46.4 Å². The number of hydrogen-bond acceptors (Lipinski definition) is 3. The molecule has 0 bridgehead atoms. The number of imidazole rings is 1. The van der Waals surface area contributed by atoms with Crippen LogP contribution in [0.4, 0.5) is 23.2 Å². The molecular formula is C19H11F4N3OS. The van der Waals surface area contributed by atoms with E-state index in [0.717, 1.165) is 12.1 Å². The van der Waals surface area contributed by atoms with Crippen LogP contribution in [0.2, 0.25) is 0 Å². The minimum atomic E-state index is -4.50. The second-order valence-electron chi connectivity index (χ2n) is 5.94. The van der Waals surface area contributed by atoms with Crippen LogP contribution in [0, 0.1) is 5.82 Å². The zero-order chi connectivity index (χ0) is 19.9. The third-order valence-electron chi connectivity index (χ3n) is 4.03. The first-order valence-corrected chi connectivity index (χ1v) is 8.90. The number of benzene rings is 2. The molecule has 1 N–H and O–H groups in total. The Labute approximate surface area is 160 Å². The van der Waals surface area contributed by atoms with Crippen LogP contribution in [0.5, 0.6) is 0 Å². The molecule has 28 heavy (non-hydrogen) atoms. The molecule has 2 heterocycles. The summed E-state index contributed by atoms with van der Waals surface area (Å²) in [7, 11) is 0. The Kier molecular flexibility index (Phi) is 4.38. The van der Waals surface area contributed by atoms with E-state index >= 15 is 0 Å². The number of rotatable bonds is 3. The van der Waals surface area contributed by atoms with Crippen molar-refractivity contribution in [2.75, 3.05) is 5.32 Å². The summed E-state index contributed by atoms with van der Waals surface area (Å²) in [5.41, 5.74) is 0.666. The Hall–Kier alpha value is -3.20. The van der Waals surface area contributed by atoms with Gasteiger partial charge in [-0.05, 0) is 42.5 Å². The number of hydrogen-bond donors (Lipinski definition) is 1. The van der Waals surface area contributed by atoms with E-state index in [1.807, 2.05) is 0 Å². The largest absolute Gasteiger partial charge is 0.416 e. The highest BCUT2D eigenvalue weighted by Gasteiger charge is 2.30. The van der Waals surface area contributed by atoms with Crippen molar-refractivity contribution in [3.05, 3.63) is 77.2 Å². The van der Waals surface area contributed by atoms with Crippen molar-refractivity contribution in [2.24, 2.45) is 0 Å². The minimum absolute atomic E-state index is 0.0399. The van der Waals surface area contributed by atoms with Gasteiger partial charge in [0.1, 0.15) is 11.5 Å². The summed E-state index contributed by atoms with van der Waals surface area (Å²) in [6.07, 6.45) is -2.87. The third-order valence-corrected chi connectivity index (χ3v) is 4.87. The zero-order valence-corrected chi connectivity index (χ0v) is 14.8. The van der Waals surface area contributed by atoms with Crippen molar-refractivity contribution in [3.63, 3.8) is 0 Å². The van der Waals surface area contributed by atoms with Crippen LogP contribution >= 0.6 is 11.3 Å². The molecule has 4 nitrogen and oxygen atoms in total. The summed E-state index contributed by atoms with van der Waals surface area (Å²) in [6, 6.07) is 10.2. The van der Waals surface area contributed by atoms with Gasteiger partial charge in [-0.3, -0.25) is 9.20 Å². The van der Waals surface area contributed by atoms with Crippen LogP contribution < -0.4 is 5.32 Å². The lowest BCUT2D eigenvalue weighted by atomic mass is 10.2. The molecule has 0 radical (unpaired) electrons. The average molecular weight is 405 g/mol. The Bertz CT molecular complexity index is 1160. The van der Waals surface area contributed by atoms with Crippen LogP contribution in [-0.2, 0) is 6.18 Å². The van der Waals surface area contributed by atoms with Crippen LogP contribution in [0.3, 0.4) is 0 Å². The first-order chi connectivity index (χ1) is 13.3. The predicted molar refractivity (Wildman–Crippen MR) is 97.9 cm³/mol. The number of aromatic nitrogens is 2. The van der Waals surface area contributed by atoms with Gasteiger partial charge in [-0.15, -0.1) is 11.3 Å². The van der Waals surface area contributed by atoms with Gasteiger partial charge >= 0.3 is 6.18 Å². The normalized spacial score (nSPS) is 11.7. The van der Waals surface area contributed by atoms with E-state index in [-0.39, 0.29) is 17.2 Å². The van der Waals surface area contributed by atoms with E-state index in [0.29, 0.717) is 16.2 Å². The van der Waals surface area contributed by atoms with Crippen LogP contribution in [-0.4, -0.2) is 15.3 Å². The van der Waals surface area contributed by atoms with E-state index in [4.69, 9.17) is 0 Å². The number of carbonyl (C=O) groups excluding carboxylic acids is 1. The lowest BCUT2D eigenvalue weighted by Gasteiger charge is -2.09. The van der Waals surface area contributed by atoms with E-state index < -0.39 is 17.6 Å². The summed E-state index contributed by atoms with van der Waals surface area (Å²) in [4.78, 5) is 17.5. The lowest BCUT2D eigenvalue weighted by molar-refractivity contribution is -0.137. The van der Waals surface area contributed by atoms with Gasteiger partial charge in [-0.2, -0.15) is 13.2 Å². The molecule has 0 unspecified atom stereocenters. The van der Waals surface area contributed by atoms with Crippen molar-refractivity contribution >= 4 is 27.9 Å². The maximum atomic E-state index is 13.1. The van der Waals surface area contributed by atoms with Gasteiger partial charge in [0.25, 0.3) is 5.91 Å². The van der Waals surface area contributed by atoms with Gasteiger partial charge in [0.15, 0.2) is 4.96 Å². The quantitative estimate of drug-likeness (QED) is 0.459. The molecule has 0 spiro atoms. The average Bonchev–Trinajstić information content (AvgIpc) is 3.22. The van der Waals surface area contributed by atoms with Crippen molar-refractivity contribution in [2.45, 2.75) is 6.18 Å². The lowest BCUT2D eigenvalue weighted by Crippen LogP contribution is -2.14. The Morgan fingerprint density at radius 1 is 1.11 bits per heavy atom. The molecule has 4 aromatic rings. The maximum absolute atomic E-state index is 13.1. The first-order valence-electron chi connectivity index (χ1n) is 8.02. The fourth-order valence-corrected chi connectivity index (χ4v) is 3.53. The molecule has 0 saturated carbocycles. The van der Waals surface area contributed by atoms with E-state index in [1.54, 1.807) is 28.1 Å². The molecule has 1 amide bonds. The Morgan fingerprint density at radius 2 is 1.86 bits per heavy atom. The monoisotopic (exact) mass is 405 g/mol. The number of nitrogens with zero attached hydrogens (tertiary/aromatic N) is 2. The second-order valence-corrected chi connectivity index (χ2v) is 6.78. The van der Waals surface area contributed by atoms with E-state index in [1.165, 1.54) is 35.6 Å². The smallest absolute Gasteiger partial charge is 0.321 e. The molecule has 2 aromatic carbocycles. The summed E-state index contributed by atoms with van der Waals surface area (Å²) in [5, 5.41) is 4.04. The number of amides is 1. The molecule has 0 saturated heterocycles. The molecule has 4 rings (SSSR count). The highest BCUT2D eigenvalue weighted by Crippen LogP contribution is 2.31. The molecular weight excluding hydrogens is 394 g/mol. The predicted octanol–water partition coefficient (Wildman–Crippen LogP) is 5.47. The highest BCUT2D eigenvalue weighted by molar-refractivity contribution is 7.15. The molecule has 9 heteroatoms. The van der Waals surface area contributed by atoms with E-state index in [9.17, 15) is 22.4 Å². The van der Waals surface area contributed by atoms with Crippen LogP contribution in [0.25, 0.3) is 16.2 Å². The van der Waals surface area contributed by atoms with Gasteiger partial charge in [0.2, 0.25) is 0 Å². The molecule has 0 aliphatic heterocycles. The molecule has 0 atom stereocenters. The summed E-state index contributed by atoms with van der Waals surface area (Å²) in [5.74, 6) is -0.931. The van der Waals surface area contributed by atoms with Gasteiger partial charge in [0, 0.05) is 22.8 Å². The molecule has 0 aliphatic rings. The fourth-order valence-electron chi connectivity index (χ4n) is 2.68. The second kappa shape index (κ2) is 6.75. The molecule has 2 aromatic heterocycles. The summed E-state index contributed by atoms with van der Waals surface area (Å²) >= 11 is 1.22. The third kappa shape index (κ3) is 3.48. The highest BCUT2D eigenvalue weighted by atomic mass is 32.1. The minimum Gasteiger partial charge on any atom is -0.321 e. The molecule has 0 aliphatic carbocycles. The van der Waals surface area contributed by atoms with Gasteiger partial charge in [-0.25, -0.2) is 9.37 Å². The summed E-state index contributed by atoms with van der Waals surface area (Å²) in [6.45, 7) is 0. The van der Waals surface area contributed by atoms with E-state index in [2.05, 4.69) is 10.3 Å². The number of halogens is 4. The first kappa shape index (κ1) is 18.2. The van der Waals surface area contributed by atoms with Gasteiger partial charge < -0.3 is 5.32 Å². The van der Waals surface area contributed by atoms with Crippen molar-refractivity contribution in [1.82, 2.24) is 9.38 Å². The van der Waals surface area contributed by atoms with Crippen LogP contribution in [0.15, 0.2) is 60.1 Å². The van der Waals surface area contributed by atoms with Crippen LogP contribution in [0.1, 0.15) is 16.1 Å². The van der Waals surface area contributed by atoms with Gasteiger partial charge in [0.05, 0.1) is 11.3 Å². The molecule has 142 valence electrons. The number of anilines is 1. The zero-order valence-electron chi connectivity index (χ0n) is 14.0. The van der Waals surface area contributed by atoms with Gasteiger partial charge in [-0.1, -0.05) is 6.07 Å². The number of nitrogens with one attached hydrogen (secondary N) is 1.